The fraction of sp³-hybridized carbons (Fsp3) is 0.481. The summed E-state index contributed by atoms with van der Waals surface area (Å²) in [7, 11) is 1.63. The minimum atomic E-state index is -0.136. The van der Waals surface area contributed by atoms with E-state index in [1.807, 2.05) is 42.5 Å². The molecule has 1 unspecified atom stereocenters. The summed E-state index contributed by atoms with van der Waals surface area (Å²) in [5, 5.41) is 0. The Morgan fingerprint density at radius 2 is 1.78 bits per heavy atom. The molecule has 1 heterocycles. The van der Waals surface area contributed by atoms with Crippen molar-refractivity contribution in [3.63, 3.8) is 0 Å². The van der Waals surface area contributed by atoms with Gasteiger partial charge in [-0.1, -0.05) is 55.3 Å². The molecule has 0 radical (unpaired) electrons. The topological polar surface area (TPSA) is 55.8 Å². The molecular weight excluding hydrogens is 402 g/mol. The Hall–Kier alpha value is -2.66. The van der Waals surface area contributed by atoms with E-state index in [2.05, 4.69) is 17.0 Å². The van der Waals surface area contributed by atoms with Gasteiger partial charge in [-0.3, -0.25) is 9.69 Å². The molecule has 2 aromatic carbocycles. The monoisotopic (exact) mass is 435 g/mol. The van der Waals surface area contributed by atoms with Gasteiger partial charge in [-0.2, -0.15) is 0 Å². The van der Waals surface area contributed by atoms with E-state index in [1.165, 1.54) is 12.0 Å². The molecule has 0 amide bonds. The molecule has 4 atom stereocenters. The second-order valence-electron chi connectivity index (χ2n) is 9.10. The molecular formula is C27H33NO4. The number of likely N-dealkylation sites (tertiary alicyclic amines) is 1. The van der Waals surface area contributed by atoms with E-state index < -0.39 is 0 Å². The van der Waals surface area contributed by atoms with Crippen LogP contribution in [0.5, 0.6) is 5.75 Å². The minimum Gasteiger partial charge on any atom is -0.497 e. The van der Waals surface area contributed by atoms with Crippen LogP contribution < -0.4 is 4.74 Å². The fourth-order valence-corrected chi connectivity index (χ4v) is 5.39. The van der Waals surface area contributed by atoms with Crippen LogP contribution >= 0.6 is 0 Å². The first kappa shape index (κ1) is 22.5. The maximum absolute atomic E-state index is 12.7. The van der Waals surface area contributed by atoms with Crippen LogP contribution in [0, 0.1) is 11.8 Å². The SMILES string of the molecule is COc1ccc(COC(=O)CC2CCCC[C@H]2N2C[C@H](c3ccccc3)[C@@H](C=O)C2)cc1. The second kappa shape index (κ2) is 10.8. The highest BCUT2D eigenvalue weighted by Gasteiger charge is 2.40. The number of ether oxygens (including phenoxy) is 2. The number of methoxy groups -OCH3 is 1. The maximum atomic E-state index is 12.7. The van der Waals surface area contributed by atoms with E-state index >= 15 is 0 Å². The molecule has 1 saturated heterocycles. The van der Waals surface area contributed by atoms with Crippen molar-refractivity contribution in [2.24, 2.45) is 11.8 Å². The van der Waals surface area contributed by atoms with Crippen molar-refractivity contribution in [2.75, 3.05) is 20.2 Å². The van der Waals surface area contributed by atoms with Gasteiger partial charge in [0.25, 0.3) is 0 Å². The zero-order chi connectivity index (χ0) is 22.3. The Morgan fingerprint density at radius 1 is 1.03 bits per heavy atom. The lowest BCUT2D eigenvalue weighted by atomic mass is 9.81. The number of nitrogens with zero attached hydrogens (tertiary/aromatic N) is 1. The van der Waals surface area contributed by atoms with Gasteiger partial charge in [0.15, 0.2) is 0 Å². The maximum Gasteiger partial charge on any atom is 0.306 e. The van der Waals surface area contributed by atoms with Crippen molar-refractivity contribution in [1.29, 1.82) is 0 Å². The number of carbonyl (C=O) groups is 2. The van der Waals surface area contributed by atoms with E-state index in [4.69, 9.17) is 9.47 Å². The number of rotatable bonds is 8. The summed E-state index contributed by atoms with van der Waals surface area (Å²) in [6.45, 7) is 1.95. The van der Waals surface area contributed by atoms with Crippen molar-refractivity contribution in [3.05, 3.63) is 65.7 Å². The number of esters is 1. The van der Waals surface area contributed by atoms with Gasteiger partial charge in [0.1, 0.15) is 18.6 Å². The molecule has 4 rings (SSSR count). The van der Waals surface area contributed by atoms with Gasteiger partial charge < -0.3 is 14.3 Å². The van der Waals surface area contributed by atoms with Crippen molar-refractivity contribution >= 4 is 12.3 Å². The van der Waals surface area contributed by atoms with Crippen molar-refractivity contribution in [3.8, 4) is 5.75 Å². The Bertz CT molecular complexity index is 882. The van der Waals surface area contributed by atoms with Crippen LogP contribution in [-0.4, -0.2) is 43.4 Å². The summed E-state index contributed by atoms with van der Waals surface area (Å²) in [6, 6.07) is 18.3. The van der Waals surface area contributed by atoms with Crippen LogP contribution in [0.2, 0.25) is 0 Å². The number of hydrogen-bond acceptors (Lipinski definition) is 5. The lowest BCUT2D eigenvalue weighted by Crippen LogP contribution is -2.42. The molecule has 0 spiro atoms. The van der Waals surface area contributed by atoms with E-state index in [0.29, 0.717) is 12.5 Å². The highest BCUT2D eigenvalue weighted by Crippen LogP contribution is 2.38. The Kier molecular flexibility index (Phi) is 7.59. The number of hydrogen-bond donors (Lipinski definition) is 0. The Labute approximate surface area is 190 Å². The normalized spacial score (nSPS) is 25.9. The quantitative estimate of drug-likeness (QED) is 0.448. The lowest BCUT2D eigenvalue weighted by molar-refractivity contribution is -0.147. The van der Waals surface area contributed by atoms with Gasteiger partial charge in [-0.25, -0.2) is 0 Å². The van der Waals surface area contributed by atoms with Crippen LogP contribution in [0.4, 0.5) is 0 Å². The summed E-state index contributed by atoms with van der Waals surface area (Å²) < 4.78 is 10.8. The van der Waals surface area contributed by atoms with Gasteiger partial charge in [0.2, 0.25) is 0 Å². The third-order valence-electron chi connectivity index (χ3n) is 7.12. The molecule has 0 aromatic heterocycles. The zero-order valence-electron chi connectivity index (χ0n) is 18.8. The molecule has 170 valence electrons. The summed E-state index contributed by atoms with van der Waals surface area (Å²) in [5.41, 5.74) is 2.19. The van der Waals surface area contributed by atoms with Crippen LogP contribution in [0.25, 0.3) is 0 Å². The molecule has 2 aliphatic rings. The minimum absolute atomic E-state index is 0.0157. The third kappa shape index (κ3) is 5.39. The largest absolute Gasteiger partial charge is 0.497 e. The molecule has 1 aliphatic heterocycles. The van der Waals surface area contributed by atoms with Crippen LogP contribution in [0.3, 0.4) is 0 Å². The van der Waals surface area contributed by atoms with E-state index in [0.717, 1.165) is 50.0 Å². The first-order chi connectivity index (χ1) is 15.7. The van der Waals surface area contributed by atoms with Crippen molar-refractivity contribution in [2.45, 2.75) is 50.7 Å². The smallest absolute Gasteiger partial charge is 0.306 e. The molecule has 2 aromatic rings. The summed E-state index contributed by atoms with van der Waals surface area (Å²) >= 11 is 0. The fourth-order valence-electron chi connectivity index (χ4n) is 5.39. The highest BCUT2D eigenvalue weighted by atomic mass is 16.5. The van der Waals surface area contributed by atoms with E-state index in [1.54, 1.807) is 7.11 Å². The standard InChI is InChI=1S/C27H33NO4/c1-31-24-13-11-20(12-14-24)19-32-27(30)15-22-9-5-6-10-26(22)28-16-23(18-29)25(17-28)21-7-3-2-4-8-21/h2-4,7-8,11-14,18,22-23,25-26H,5-6,9-10,15-17,19H2,1H3/t22?,23-,25-,26-/m1/s1. The molecule has 1 saturated carbocycles. The third-order valence-corrected chi connectivity index (χ3v) is 7.12. The first-order valence-electron chi connectivity index (χ1n) is 11.7. The zero-order valence-corrected chi connectivity index (χ0v) is 18.8. The number of carbonyl (C=O) groups excluding carboxylic acids is 2. The summed E-state index contributed by atoms with van der Waals surface area (Å²) in [5.74, 6) is 1.19. The van der Waals surface area contributed by atoms with Gasteiger partial charge in [-0.05, 0) is 42.0 Å². The molecule has 0 bridgehead atoms. The Morgan fingerprint density at radius 3 is 2.50 bits per heavy atom. The van der Waals surface area contributed by atoms with Crippen molar-refractivity contribution in [1.82, 2.24) is 4.90 Å². The molecule has 0 N–H and O–H groups in total. The number of aldehydes is 1. The average Bonchev–Trinajstić information content (AvgIpc) is 3.28. The predicted octanol–water partition coefficient (Wildman–Crippen LogP) is 4.60. The predicted molar refractivity (Wildman–Crippen MR) is 123 cm³/mol. The summed E-state index contributed by atoms with van der Waals surface area (Å²) in [6.07, 6.45) is 6.03. The second-order valence-corrected chi connectivity index (χ2v) is 9.10. The van der Waals surface area contributed by atoms with Crippen molar-refractivity contribution < 1.29 is 19.1 Å². The van der Waals surface area contributed by atoms with E-state index in [-0.39, 0.29) is 30.3 Å². The van der Waals surface area contributed by atoms with Crippen LogP contribution in [-0.2, 0) is 20.9 Å². The highest BCUT2D eigenvalue weighted by molar-refractivity contribution is 5.69. The number of benzene rings is 2. The average molecular weight is 436 g/mol. The lowest BCUT2D eigenvalue weighted by Gasteiger charge is -2.37. The van der Waals surface area contributed by atoms with Gasteiger partial charge in [0, 0.05) is 37.4 Å². The first-order valence-corrected chi connectivity index (χ1v) is 11.7. The Balaban J connectivity index is 1.36. The van der Waals surface area contributed by atoms with Gasteiger partial charge in [-0.15, -0.1) is 0 Å². The molecule has 1 aliphatic carbocycles. The molecule has 5 heteroatoms. The molecule has 5 nitrogen and oxygen atoms in total. The van der Waals surface area contributed by atoms with Crippen LogP contribution in [0.15, 0.2) is 54.6 Å². The molecule has 2 fully saturated rings. The van der Waals surface area contributed by atoms with E-state index in [9.17, 15) is 9.59 Å². The van der Waals surface area contributed by atoms with Crippen LogP contribution in [0.1, 0.15) is 49.1 Å². The van der Waals surface area contributed by atoms with Gasteiger partial charge >= 0.3 is 5.97 Å². The summed E-state index contributed by atoms with van der Waals surface area (Å²) in [4.78, 5) is 27.0. The van der Waals surface area contributed by atoms with Gasteiger partial charge in [0.05, 0.1) is 7.11 Å². The molecule has 32 heavy (non-hydrogen) atoms.